The van der Waals surface area contributed by atoms with Crippen LogP contribution in [0.2, 0.25) is 0 Å². The summed E-state index contributed by atoms with van der Waals surface area (Å²) in [4.78, 5) is 10.9. The highest BCUT2D eigenvalue weighted by Gasteiger charge is 2.32. The Hall–Kier alpha value is -3.05. The minimum atomic E-state index is -0.808. The van der Waals surface area contributed by atoms with E-state index >= 15 is 0 Å². The summed E-state index contributed by atoms with van der Waals surface area (Å²) < 4.78 is 11.2. The predicted octanol–water partition coefficient (Wildman–Crippen LogP) is 5.72. The fourth-order valence-electron chi connectivity index (χ4n) is 4.13. The summed E-state index contributed by atoms with van der Waals surface area (Å²) in [5, 5.41) is 20.4. The first kappa shape index (κ1) is 24.6. The summed E-state index contributed by atoms with van der Waals surface area (Å²) in [6, 6.07) is 13.6. The quantitative estimate of drug-likeness (QED) is 0.531. The van der Waals surface area contributed by atoms with Gasteiger partial charge in [-0.2, -0.15) is 0 Å². The molecule has 0 amide bonds. The Morgan fingerprint density at radius 3 is 2.39 bits per heavy atom. The number of benzene rings is 3. The molecular formula is C28H34O5. The van der Waals surface area contributed by atoms with Gasteiger partial charge >= 0.3 is 5.97 Å². The molecule has 1 aliphatic rings. The molecule has 0 radical (unpaired) electrons. The largest absolute Gasteiger partial charge is 0.497 e. The average Bonchev–Trinajstić information content (AvgIpc) is 2.81. The van der Waals surface area contributed by atoms with Gasteiger partial charge in [0.2, 0.25) is 0 Å². The van der Waals surface area contributed by atoms with Crippen molar-refractivity contribution in [2.45, 2.75) is 59.0 Å². The van der Waals surface area contributed by atoms with Gasteiger partial charge in [0.15, 0.2) is 0 Å². The van der Waals surface area contributed by atoms with Crippen molar-refractivity contribution in [1.82, 2.24) is 0 Å². The number of hydrogen-bond acceptors (Lipinski definition) is 4. The Morgan fingerprint density at radius 2 is 1.76 bits per heavy atom. The maximum atomic E-state index is 10.9. The summed E-state index contributed by atoms with van der Waals surface area (Å²) in [6.45, 7) is 10.1. The van der Waals surface area contributed by atoms with E-state index in [-0.39, 0.29) is 6.61 Å². The normalized spacial score (nSPS) is 17.9. The van der Waals surface area contributed by atoms with Crippen LogP contribution in [0.25, 0.3) is 10.8 Å². The van der Waals surface area contributed by atoms with E-state index in [0.717, 1.165) is 40.7 Å². The Labute approximate surface area is 196 Å². The zero-order chi connectivity index (χ0) is 24.3. The number of rotatable bonds is 4. The summed E-state index contributed by atoms with van der Waals surface area (Å²) in [5.41, 5.74) is 5.50. The average molecular weight is 451 g/mol. The Bertz CT molecular complexity index is 1170. The molecule has 0 spiro atoms. The molecule has 0 aromatic heterocycles. The Kier molecular flexibility index (Phi) is 7.33. The lowest BCUT2D eigenvalue weighted by molar-refractivity contribution is -0.138. The standard InChI is InChI=1S/C14H14O3.C14H20O2/c1-9(14(15)16)10-3-4-12-8-13(17-2)6-5-11(12)7-10;1-9-7-10(2)12-5-6-14(4,8-15)16-13(12)11(9)3/h3-9H,1-2H3,(H,15,16);7,15H,5-6,8H2,1-4H3. The van der Waals surface area contributed by atoms with E-state index in [1.165, 1.54) is 22.3 Å². The number of carboxylic acids is 1. The Morgan fingerprint density at radius 1 is 1.09 bits per heavy atom. The van der Waals surface area contributed by atoms with E-state index in [2.05, 4.69) is 26.8 Å². The number of carboxylic acid groups (broad SMARTS) is 1. The molecule has 1 aliphatic heterocycles. The molecule has 0 bridgehead atoms. The number of methoxy groups -OCH3 is 1. The summed E-state index contributed by atoms with van der Waals surface area (Å²) in [7, 11) is 1.63. The van der Waals surface area contributed by atoms with Crippen LogP contribution in [0.3, 0.4) is 0 Å². The minimum absolute atomic E-state index is 0.0822. The van der Waals surface area contributed by atoms with Crippen LogP contribution in [0.15, 0.2) is 42.5 Å². The summed E-state index contributed by atoms with van der Waals surface area (Å²) in [6.07, 6.45) is 1.89. The topological polar surface area (TPSA) is 76.0 Å². The van der Waals surface area contributed by atoms with Crippen LogP contribution in [-0.4, -0.2) is 35.5 Å². The van der Waals surface area contributed by atoms with Gasteiger partial charge in [-0.15, -0.1) is 0 Å². The lowest BCUT2D eigenvalue weighted by Crippen LogP contribution is -2.40. The number of hydrogen-bond donors (Lipinski definition) is 2. The second-order valence-electron chi connectivity index (χ2n) is 9.19. The molecule has 3 aromatic rings. The molecule has 0 aliphatic carbocycles. The molecule has 3 aromatic carbocycles. The second kappa shape index (κ2) is 9.84. The number of fused-ring (bicyclic) bond motifs is 2. The fraction of sp³-hybridized carbons (Fsp3) is 0.393. The van der Waals surface area contributed by atoms with E-state index in [0.29, 0.717) is 0 Å². The van der Waals surface area contributed by atoms with Crippen molar-refractivity contribution in [3.8, 4) is 11.5 Å². The maximum absolute atomic E-state index is 10.9. The monoisotopic (exact) mass is 450 g/mol. The van der Waals surface area contributed by atoms with Gasteiger partial charge < -0.3 is 19.7 Å². The molecule has 1 heterocycles. The molecule has 5 nitrogen and oxygen atoms in total. The van der Waals surface area contributed by atoms with Crippen molar-refractivity contribution in [3.63, 3.8) is 0 Å². The van der Waals surface area contributed by atoms with Gasteiger partial charge in [-0.25, -0.2) is 0 Å². The first-order chi connectivity index (χ1) is 15.6. The lowest BCUT2D eigenvalue weighted by atomic mass is 9.88. The van der Waals surface area contributed by atoms with Crippen molar-refractivity contribution in [2.75, 3.05) is 13.7 Å². The van der Waals surface area contributed by atoms with Gasteiger partial charge in [0, 0.05) is 0 Å². The molecule has 4 rings (SSSR count). The van der Waals surface area contributed by atoms with Crippen LogP contribution in [0.5, 0.6) is 11.5 Å². The van der Waals surface area contributed by atoms with Gasteiger partial charge in [-0.3, -0.25) is 4.79 Å². The molecule has 33 heavy (non-hydrogen) atoms. The first-order valence-electron chi connectivity index (χ1n) is 11.3. The van der Waals surface area contributed by atoms with Crippen LogP contribution in [0.4, 0.5) is 0 Å². The van der Waals surface area contributed by atoms with Gasteiger partial charge in [-0.1, -0.05) is 30.3 Å². The third-order valence-electron chi connectivity index (χ3n) is 6.64. The molecule has 5 heteroatoms. The maximum Gasteiger partial charge on any atom is 0.310 e. The molecule has 2 atom stereocenters. The number of carbonyl (C=O) groups is 1. The number of ether oxygens (including phenoxy) is 2. The molecular weight excluding hydrogens is 416 g/mol. The van der Waals surface area contributed by atoms with E-state index in [1.807, 2.05) is 43.3 Å². The summed E-state index contributed by atoms with van der Waals surface area (Å²) >= 11 is 0. The fourth-order valence-corrected chi connectivity index (χ4v) is 4.13. The van der Waals surface area contributed by atoms with Gasteiger partial charge in [-0.05, 0) is 98.2 Å². The highest BCUT2D eigenvalue weighted by Crippen LogP contribution is 2.38. The molecule has 2 N–H and O–H groups in total. The smallest absolute Gasteiger partial charge is 0.310 e. The van der Waals surface area contributed by atoms with Crippen molar-refractivity contribution < 1.29 is 24.5 Å². The molecule has 0 saturated carbocycles. The van der Waals surface area contributed by atoms with Crippen LogP contribution >= 0.6 is 0 Å². The zero-order valence-corrected chi connectivity index (χ0v) is 20.4. The number of aliphatic hydroxyl groups is 1. The molecule has 0 fully saturated rings. The number of aryl methyl sites for hydroxylation is 2. The third kappa shape index (κ3) is 5.31. The van der Waals surface area contributed by atoms with Gasteiger partial charge in [0.1, 0.15) is 17.1 Å². The Balaban J connectivity index is 0.000000186. The van der Waals surface area contributed by atoms with Crippen LogP contribution in [-0.2, 0) is 11.2 Å². The third-order valence-corrected chi connectivity index (χ3v) is 6.64. The number of aliphatic carboxylic acids is 1. The van der Waals surface area contributed by atoms with Crippen LogP contribution < -0.4 is 9.47 Å². The van der Waals surface area contributed by atoms with Crippen molar-refractivity contribution in [2.24, 2.45) is 0 Å². The van der Waals surface area contributed by atoms with Crippen molar-refractivity contribution in [3.05, 3.63) is 70.3 Å². The van der Waals surface area contributed by atoms with Crippen LogP contribution in [0.1, 0.15) is 54.0 Å². The highest BCUT2D eigenvalue weighted by molar-refractivity contribution is 5.86. The zero-order valence-electron chi connectivity index (χ0n) is 20.4. The van der Waals surface area contributed by atoms with E-state index < -0.39 is 17.5 Å². The van der Waals surface area contributed by atoms with E-state index in [4.69, 9.17) is 14.6 Å². The highest BCUT2D eigenvalue weighted by atomic mass is 16.5. The molecule has 176 valence electrons. The van der Waals surface area contributed by atoms with E-state index in [1.54, 1.807) is 14.0 Å². The lowest BCUT2D eigenvalue weighted by Gasteiger charge is -2.36. The number of aliphatic hydroxyl groups excluding tert-OH is 1. The minimum Gasteiger partial charge on any atom is -0.497 e. The van der Waals surface area contributed by atoms with Crippen molar-refractivity contribution >= 4 is 16.7 Å². The first-order valence-corrected chi connectivity index (χ1v) is 11.3. The SMILES string of the molecule is COc1ccc2cc(C(C)C(=O)O)ccc2c1.Cc1cc(C)c2c(c1C)OC(C)(CO)CC2. The predicted molar refractivity (Wildman–Crippen MR) is 132 cm³/mol. The van der Waals surface area contributed by atoms with Crippen molar-refractivity contribution in [1.29, 1.82) is 0 Å². The van der Waals surface area contributed by atoms with Gasteiger partial charge in [0.25, 0.3) is 0 Å². The van der Waals surface area contributed by atoms with Crippen LogP contribution in [0, 0.1) is 20.8 Å². The summed E-state index contributed by atoms with van der Waals surface area (Å²) in [5.74, 6) is 0.510. The molecule has 0 saturated heterocycles. The second-order valence-corrected chi connectivity index (χ2v) is 9.19. The molecule has 2 unspecified atom stereocenters. The van der Waals surface area contributed by atoms with E-state index in [9.17, 15) is 9.90 Å². The van der Waals surface area contributed by atoms with Gasteiger partial charge in [0.05, 0.1) is 19.6 Å².